The molecule has 2 amide bonds. The van der Waals surface area contributed by atoms with Crippen LogP contribution < -0.4 is 15.5 Å². The van der Waals surface area contributed by atoms with Gasteiger partial charge in [-0.3, -0.25) is 9.59 Å². The van der Waals surface area contributed by atoms with Crippen molar-refractivity contribution in [2.75, 3.05) is 36.6 Å². The second-order valence-electron chi connectivity index (χ2n) is 5.96. The number of methoxy groups -OCH3 is 1. The SMILES string of the molecule is COC(=O)c1ccsc1N1CCC(NC(=O)CC2CSCCN2)C1=O. The number of anilines is 1. The summed E-state index contributed by atoms with van der Waals surface area (Å²) in [6.07, 6.45) is 0.916. The average molecular weight is 383 g/mol. The van der Waals surface area contributed by atoms with Gasteiger partial charge in [0.2, 0.25) is 11.8 Å². The van der Waals surface area contributed by atoms with E-state index in [9.17, 15) is 14.4 Å². The number of hydrogen-bond donors (Lipinski definition) is 2. The summed E-state index contributed by atoms with van der Waals surface area (Å²) in [5.74, 6) is 1.23. The summed E-state index contributed by atoms with van der Waals surface area (Å²) in [6, 6.07) is 1.28. The summed E-state index contributed by atoms with van der Waals surface area (Å²) in [4.78, 5) is 38.2. The number of rotatable bonds is 5. The van der Waals surface area contributed by atoms with Crippen molar-refractivity contribution in [3.8, 4) is 0 Å². The van der Waals surface area contributed by atoms with E-state index in [1.54, 1.807) is 16.3 Å². The summed E-state index contributed by atoms with van der Waals surface area (Å²) < 4.78 is 4.76. The van der Waals surface area contributed by atoms with E-state index in [0.717, 1.165) is 18.1 Å². The Bertz CT molecular complexity index is 658. The number of esters is 1. The summed E-state index contributed by atoms with van der Waals surface area (Å²) in [6.45, 7) is 1.39. The van der Waals surface area contributed by atoms with Gasteiger partial charge in [0.05, 0.1) is 12.7 Å². The van der Waals surface area contributed by atoms with Gasteiger partial charge in [0.15, 0.2) is 0 Å². The molecule has 0 spiro atoms. The highest BCUT2D eigenvalue weighted by Crippen LogP contribution is 2.31. The van der Waals surface area contributed by atoms with Crippen LogP contribution in [0.4, 0.5) is 5.00 Å². The normalized spacial score (nSPS) is 23.6. The molecule has 9 heteroatoms. The maximum Gasteiger partial charge on any atom is 0.340 e. The zero-order chi connectivity index (χ0) is 17.8. The van der Waals surface area contributed by atoms with Gasteiger partial charge in [-0.15, -0.1) is 11.3 Å². The largest absolute Gasteiger partial charge is 0.465 e. The van der Waals surface area contributed by atoms with Crippen LogP contribution in [0.2, 0.25) is 0 Å². The van der Waals surface area contributed by atoms with Crippen LogP contribution in [0.15, 0.2) is 11.4 Å². The van der Waals surface area contributed by atoms with E-state index in [4.69, 9.17) is 4.74 Å². The summed E-state index contributed by atoms with van der Waals surface area (Å²) >= 11 is 3.16. The van der Waals surface area contributed by atoms with Gasteiger partial charge in [-0.2, -0.15) is 11.8 Å². The molecular weight excluding hydrogens is 362 g/mol. The lowest BCUT2D eigenvalue weighted by molar-refractivity contribution is -0.126. The van der Waals surface area contributed by atoms with Gasteiger partial charge < -0.3 is 20.3 Å². The number of thiophene rings is 1. The first-order valence-electron chi connectivity index (χ1n) is 8.18. The third kappa shape index (κ3) is 4.16. The molecule has 25 heavy (non-hydrogen) atoms. The maximum absolute atomic E-state index is 12.6. The molecule has 3 rings (SSSR count). The van der Waals surface area contributed by atoms with E-state index in [2.05, 4.69) is 10.6 Å². The van der Waals surface area contributed by atoms with E-state index in [0.29, 0.717) is 30.0 Å². The molecule has 0 radical (unpaired) electrons. The van der Waals surface area contributed by atoms with Crippen molar-refractivity contribution in [2.45, 2.75) is 24.9 Å². The smallest absolute Gasteiger partial charge is 0.340 e. The number of amides is 2. The molecule has 2 unspecified atom stereocenters. The fourth-order valence-corrected chi connectivity index (χ4v) is 4.89. The molecule has 2 fully saturated rings. The minimum absolute atomic E-state index is 0.112. The Hall–Kier alpha value is -1.58. The number of nitrogens with zero attached hydrogens (tertiary/aromatic N) is 1. The third-order valence-electron chi connectivity index (χ3n) is 4.27. The van der Waals surface area contributed by atoms with Crippen LogP contribution in [0, 0.1) is 0 Å². The second-order valence-corrected chi connectivity index (χ2v) is 8.00. The molecule has 2 atom stereocenters. The Kier molecular flexibility index (Phi) is 5.98. The lowest BCUT2D eigenvalue weighted by atomic mass is 10.2. The van der Waals surface area contributed by atoms with Gasteiger partial charge in [0.25, 0.3) is 0 Å². The molecule has 0 aliphatic carbocycles. The van der Waals surface area contributed by atoms with Crippen molar-refractivity contribution < 1.29 is 19.1 Å². The highest BCUT2D eigenvalue weighted by atomic mass is 32.2. The molecule has 1 aromatic rings. The molecule has 136 valence electrons. The molecule has 2 aliphatic rings. The Morgan fingerprint density at radius 3 is 3.04 bits per heavy atom. The average Bonchev–Trinajstić information content (AvgIpc) is 3.22. The number of nitrogens with one attached hydrogen (secondary N) is 2. The third-order valence-corrected chi connectivity index (χ3v) is 6.33. The fraction of sp³-hybridized carbons (Fsp3) is 0.562. The lowest BCUT2D eigenvalue weighted by Gasteiger charge is -2.23. The zero-order valence-electron chi connectivity index (χ0n) is 13.9. The van der Waals surface area contributed by atoms with E-state index in [1.165, 1.54) is 18.4 Å². The van der Waals surface area contributed by atoms with Crippen molar-refractivity contribution in [2.24, 2.45) is 0 Å². The van der Waals surface area contributed by atoms with Crippen molar-refractivity contribution in [3.63, 3.8) is 0 Å². The topological polar surface area (TPSA) is 87.7 Å². The van der Waals surface area contributed by atoms with Crippen LogP contribution in [0.5, 0.6) is 0 Å². The zero-order valence-corrected chi connectivity index (χ0v) is 15.6. The van der Waals surface area contributed by atoms with Crippen molar-refractivity contribution in [1.29, 1.82) is 0 Å². The van der Waals surface area contributed by atoms with Crippen LogP contribution >= 0.6 is 23.1 Å². The number of carbonyl (C=O) groups is 3. The quantitative estimate of drug-likeness (QED) is 0.733. The van der Waals surface area contributed by atoms with Crippen molar-refractivity contribution >= 4 is 45.9 Å². The highest BCUT2D eigenvalue weighted by Gasteiger charge is 2.36. The molecule has 2 saturated heterocycles. The Morgan fingerprint density at radius 2 is 2.32 bits per heavy atom. The lowest BCUT2D eigenvalue weighted by Crippen LogP contribution is -2.46. The fourth-order valence-electron chi connectivity index (χ4n) is 3.02. The van der Waals surface area contributed by atoms with Crippen LogP contribution in [0.25, 0.3) is 0 Å². The van der Waals surface area contributed by atoms with Gasteiger partial charge in [-0.05, 0) is 17.9 Å². The number of thioether (sulfide) groups is 1. The number of ether oxygens (including phenoxy) is 1. The van der Waals surface area contributed by atoms with E-state index >= 15 is 0 Å². The van der Waals surface area contributed by atoms with E-state index < -0.39 is 12.0 Å². The Labute approximate surface area is 154 Å². The molecule has 0 bridgehead atoms. The van der Waals surface area contributed by atoms with Gasteiger partial charge in [-0.25, -0.2) is 4.79 Å². The molecule has 3 heterocycles. The van der Waals surface area contributed by atoms with E-state index in [1.807, 2.05) is 11.8 Å². The monoisotopic (exact) mass is 383 g/mol. The maximum atomic E-state index is 12.6. The molecule has 2 N–H and O–H groups in total. The first kappa shape index (κ1) is 18.2. The van der Waals surface area contributed by atoms with Crippen molar-refractivity contribution in [3.05, 3.63) is 17.0 Å². The van der Waals surface area contributed by atoms with Crippen LogP contribution in [0.3, 0.4) is 0 Å². The van der Waals surface area contributed by atoms with Crippen LogP contribution in [-0.4, -0.2) is 61.6 Å². The Balaban J connectivity index is 1.59. The predicted octanol–water partition coefficient (Wildman–Crippen LogP) is 0.851. The molecule has 0 saturated carbocycles. The van der Waals surface area contributed by atoms with E-state index in [-0.39, 0.29) is 17.9 Å². The first-order chi connectivity index (χ1) is 12.1. The van der Waals surface area contributed by atoms with Crippen LogP contribution in [-0.2, 0) is 14.3 Å². The number of carbonyl (C=O) groups excluding carboxylic acids is 3. The Morgan fingerprint density at radius 1 is 1.48 bits per heavy atom. The highest BCUT2D eigenvalue weighted by molar-refractivity contribution is 7.99. The molecule has 2 aliphatic heterocycles. The van der Waals surface area contributed by atoms with Crippen LogP contribution in [0.1, 0.15) is 23.2 Å². The summed E-state index contributed by atoms with van der Waals surface area (Å²) in [5, 5.41) is 8.50. The number of hydrogen-bond acceptors (Lipinski definition) is 7. The molecule has 0 aromatic carbocycles. The minimum atomic E-state index is -0.531. The van der Waals surface area contributed by atoms with Gasteiger partial charge in [0.1, 0.15) is 11.0 Å². The van der Waals surface area contributed by atoms with Crippen molar-refractivity contribution in [1.82, 2.24) is 10.6 Å². The van der Waals surface area contributed by atoms with Gasteiger partial charge in [0, 0.05) is 37.1 Å². The predicted molar refractivity (Wildman–Crippen MR) is 98.3 cm³/mol. The minimum Gasteiger partial charge on any atom is -0.465 e. The molecule has 7 nitrogen and oxygen atoms in total. The standard InChI is InChI=1S/C16H21N3O4S2/c1-23-16(22)11-3-6-25-15(11)19-5-2-12(14(19)21)18-13(20)8-10-9-24-7-4-17-10/h3,6,10,12,17H,2,4-5,7-9H2,1H3,(H,18,20). The van der Waals surface area contributed by atoms with Gasteiger partial charge >= 0.3 is 5.97 Å². The molecule has 1 aromatic heterocycles. The summed E-state index contributed by atoms with van der Waals surface area (Å²) in [5.41, 5.74) is 0.385. The molecular formula is C16H21N3O4S2. The summed E-state index contributed by atoms with van der Waals surface area (Å²) in [7, 11) is 1.32. The second kappa shape index (κ2) is 8.20. The van der Waals surface area contributed by atoms with Gasteiger partial charge in [-0.1, -0.05) is 0 Å². The first-order valence-corrected chi connectivity index (χ1v) is 10.2.